The van der Waals surface area contributed by atoms with E-state index in [2.05, 4.69) is 4.74 Å². The molecule has 0 bridgehead atoms. The Kier molecular flexibility index (Phi) is 5.48. The first kappa shape index (κ1) is 19.2. The number of hydrogen-bond acceptors (Lipinski definition) is 8. The fourth-order valence-electron chi connectivity index (χ4n) is 2.24. The molecule has 1 heterocycles. The Hall–Kier alpha value is -3.11. The summed E-state index contributed by atoms with van der Waals surface area (Å²) >= 11 is 0. The first-order valence-corrected chi connectivity index (χ1v) is 8.50. The number of carbonyl (C=O) groups is 2. The molecular weight excluding hydrogens is 366 g/mol. The largest absolute Gasteiger partial charge is 0.506 e. The van der Waals surface area contributed by atoms with Gasteiger partial charge in [-0.05, 0) is 24.3 Å². The summed E-state index contributed by atoms with van der Waals surface area (Å²) in [5.74, 6) is -2.39. The maximum Gasteiger partial charge on any atom is 0.355 e. The van der Waals surface area contributed by atoms with Crippen molar-refractivity contribution in [3.8, 4) is 5.75 Å². The smallest absolute Gasteiger partial charge is 0.355 e. The third-order valence-corrected chi connectivity index (χ3v) is 4.29. The predicted octanol–water partition coefficient (Wildman–Crippen LogP) is 1.13. The molecule has 138 valence electrons. The Morgan fingerprint density at radius 3 is 2.27 bits per heavy atom. The number of carbonyl (C=O) groups excluding carboxylic acids is 2. The van der Waals surface area contributed by atoms with Gasteiger partial charge in [0, 0.05) is 18.0 Å². The lowest BCUT2D eigenvalue weighted by Gasteiger charge is -2.23. The van der Waals surface area contributed by atoms with E-state index in [0.29, 0.717) is 0 Å². The molecule has 0 amide bonds. The second-order valence-corrected chi connectivity index (χ2v) is 6.33. The summed E-state index contributed by atoms with van der Waals surface area (Å²) < 4.78 is 40.9. The summed E-state index contributed by atoms with van der Waals surface area (Å²) in [5.41, 5.74) is -0.178. The summed E-state index contributed by atoms with van der Waals surface area (Å²) in [4.78, 5) is 24.8. The van der Waals surface area contributed by atoms with Crippen LogP contribution in [0, 0.1) is 0 Å². The SMILES string of the molecule is COC(=O)C1=C(C(=O)OC)N(c2ccc(S(=O)(=O)O)c(O)c2)C=CC=C1. The fourth-order valence-corrected chi connectivity index (χ4v) is 2.80. The van der Waals surface area contributed by atoms with Crippen LogP contribution < -0.4 is 4.90 Å². The molecular formula is C16H15NO8S. The molecule has 0 radical (unpaired) electrons. The highest BCUT2D eigenvalue weighted by molar-refractivity contribution is 7.86. The Labute approximate surface area is 149 Å². The zero-order valence-electron chi connectivity index (χ0n) is 13.7. The standard InChI is InChI=1S/C16H15NO8S/c1-24-15(19)11-5-3-4-8-17(14(11)16(20)25-2)10-6-7-13(12(18)9-10)26(21,22)23/h3-9,18H,1-2H3,(H,21,22,23). The van der Waals surface area contributed by atoms with E-state index in [1.165, 1.54) is 35.4 Å². The van der Waals surface area contributed by atoms with Gasteiger partial charge in [0.25, 0.3) is 10.1 Å². The highest BCUT2D eigenvalue weighted by Crippen LogP contribution is 2.32. The van der Waals surface area contributed by atoms with E-state index >= 15 is 0 Å². The molecule has 9 nitrogen and oxygen atoms in total. The summed E-state index contributed by atoms with van der Waals surface area (Å²) in [6, 6.07) is 3.20. The molecule has 2 rings (SSSR count). The van der Waals surface area contributed by atoms with Crippen molar-refractivity contribution in [1.82, 2.24) is 0 Å². The maximum absolute atomic E-state index is 12.2. The summed E-state index contributed by atoms with van der Waals surface area (Å²) in [5, 5.41) is 9.90. The van der Waals surface area contributed by atoms with Gasteiger partial charge in [0.15, 0.2) is 0 Å². The van der Waals surface area contributed by atoms with E-state index < -0.39 is 32.7 Å². The molecule has 0 saturated heterocycles. The normalized spacial score (nSPS) is 14.2. The monoisotopic (exact) mass is 381 g/mol. The molecule has 1 aliphatic heterocycles. The average Bonchev–Trinajstić information content (AvgIpc) is 2.82. The van der Waals surface area contributed by atoms with Gasteiger partial charge in [-0.2, -0.15) is 8.42 Å². The second kappa shape index (κ2) is 7.42. The molecule has 1 aromatic carbocycles. The van der Waals surface area contributed by atoms with Crippen LogP contribution >= 0.6 is 0 Å². The van der Waals surface area contributed by atoms with Crippen LogP contribution in [0.25, 0.3) is 0 Å². The lowest BCUT2D eigenvalue weighted by molar-refractivity contribution is -0.139. The van der Waals surface area contributed by atoms with Crippen molar-refractivity contribution in [3.63, 3.8) is 0 Å². The van der Waals surface area contributed by atoms with Gasteiger partial charge in [-0.3, -0.25) is 4.55 Å². The van der Waals surface area contributed by atoms with Crippen molar-refractivity contribution < 1.29 is 37.1 Å². The molecule has 0 aromatic heterocycles. The number of ether oxygens (including phenoxy) is 2. The molecule has 1 aromatic rings. The first-order valence-electron chi connectivity index (χ1n) is 7.06. The maximum atomic E-state index is 12.2. The zero-order valence-corrected chi connectivity index (χ0v) is 14.6. The van der Waals surface area contributed by atoms with Crippen molar-refractivity contribution in [2.75, 3.05) is 19.1 Å². The van der Waals surface area contributed by atoms with E-state index in [-0.39, 0.29) is 17.0 Å². The molecule has 2 N–H and O–H groups in total. The molecule has 0 atom stereocenters. The number of phenolic OH excluding ortho intramolecular Hbond substituents is 1. The number of esters is 2. The van der Waals surface area contributed by atoms with Crippen molar-refractivity contribution >= 4 is 27.7 Å². The van der Waals surface area contributed by atoms with Crippen LogP contribution in [0.4, 0.5) is 5.69 Å². The number of benzene rings is 1. The predicted molar refractivity (Wildman–Crippen MR) is 89.7 cm³/mol. The van der Waals surface area contributed by atoms with Gasteiger partial charge < -0.3 is 19.5 Å². The number of nitrogens with zero attached hydrogens (tertiary/aromatic N) is 1. The third-order valence-electron chi connectivity index (χ3n) is 3.39. The van der Waals surface area contributed by atoms with Crippen LogP contribution in [-0.2, 0) is 29.2 Å². The molecule has 0 aliphatic carbocycles. The van der Waals surface area contributed by atoms with Crippen LogP contribution in [0.1, 0.15) is 0 Å². The molecule has 0 saturated carbocycles. The second-order valence-electron chi connectivity index (χ2n) is 4.94. The van der Waals surface area contributed by atoms with Gasteiger partial charge in [0.2, 0.25) is 0 Å². The van der Waals surface area contributed by atoms with E-state index in [9.17, 15) is 23.1 Å². The van der Waals surface area contributed by atoms with Gasteiger partial charge in [-0.15, -0.1) is 0 Å². The number of aromatic hydroxyl groups is 1. The van der Waals surface area contributed by atoms with E-state index in [4.69, 9.17) is 9.29 Å². The molecule has 10 heteroatoms. The summed E-state index contributed by atoms with van der Waals surface area (Å²) in [7, 11) is -2.36. The van der Waals surface area contributed by atoms with Crippen molar-refractivity contribution in [2.45, 2.75) is 4.90 Å². The van der Waals surface area contributed by atoms with Crippen LogP contribution in [0.5, 0.6) is 5.75 Å². The van der Waals surface area contributed by atoms with Crippen LogP contribution in [-0.4, -0.2) is 44.2 Å². The van der Waals surface area contributed by atoms with Gasteiger partial charge in [0.1, 0.15) is 16.3 Å². The Balaban J connectivity index is 2.67. The molecule has 0 unspecified atom stereocenters. The summed E-state index contributed by atoms with van der Waals surface area (Å²) in [6.07, 6.45) is 5.75. The minimum atomic E-state index is -4.63. The lowest BCUT2D eigenvalue weighted by Crippen LogP contribution is -2.27. The van der Waals surface area contributed by atoms with E-state index in [0.717, 1.165) is 26.4 Å². The van der Waals surface area contributed by atoms with Crippen molar-refractivity contribution in [2.24, 2.45) is 0 Å². The molecule has 0 fully saturated rings. The minimum absolute atomic E-state index is 0.109. The molecule has 0 spiro atoms. The van der Waals surface area contributed by atoms with E-state index in [1.54, 1.807) is 0 Å². The van der Waals surface area contributed by atoms with Crippen LogP contribution in [0.3, 0.4) is 0 Å². The Morgan fingerprint density at radius 2 is 1.73 bits per heavy atom. The third kappa shape index (κ3) is 3.76. The number of hydrogen-bond donors (Lipinski definition) is 2. The number of phenols is 1. The van der Waals surface area contributed by atoms with Crippen molar-refractivity contribution in [3.05, 3.63) is 53.9 Å². The molecule has 1 aliphatic rings. The number of methoxy groups -OCH3 is 2. The number of rotatable bonds is 4. The van der Waals surface area contributed by atoms with Crippen molar-refractivity contribution in [1.29, 1.82) is 0 Å². The minimum Gasteiger partial charge on any atom is -0.506 e. The number of anilines is 1. The van der Waals surface area contributed by atoms with Gasteiger partial charge >= 0.3 is 11.9 Å². The zero-order chi connectivity index (χ0) is 19.5. The van der Waals surface area contributed by atoms with Gasteiger partial charge in [-0.1, -0.05) is 6.08 Å². The topological polar surface area (TPSA) is 130 Å². The molecule has 26 heavy (non-hydrogen) atoms. The number of allylic oxidation sites excluding steroid dienone is 2. The lowest BCUT2D eigenvalue weighted by atomic mass is 10.1. The van der Waals surface area contributed by atoms with Crippen LogP contribution in [0.2, 0.25) is 0 Å². The van der Waals surface area contributed by atoms with Gasteiger partial charge in [-0.25, -0.2) is 9.59 Å². The van der Waals surface area contributed by atoms with Gasteiger partial charge in [0.05, 0.1) is 19.8 Å². The first-order chi connectivity index (χ1) is 12.2. The Morgan fingerprint density at radius 1 is 1.08 bits per heavy atom. The Bertz CT molecular complexity index is 943. The van der Waals surface area contributed by atoms with Crippen LogP contribution in [0.15, 0.2) is 58.8 Å². The highest BCUT2D eigenvalue weighted by Gasteiger charge is 2.28. The summed E-state index contributed by atoms with van der Waals surface area (Å²) in [6.45, 7) is 0. The highest BCUT2D eigenvalue weighted by atomic mass is 32.2. The fraction of sp³-hybridized carbons (Fsp3) is 0.125. The average molecular weight is 381 g/mol. The quantitative estimate of drug-likeness (QED) is 0.582. The van der Waals surface area contributed by atoms with E-state index in [1.807, 2.05) is 0 Å².